The van der Waals surface area contributed by atoms with Crippen LogP contribution in [-0.2, 0) is 0 Å². The van der Waals surface area contributed by atoms with Crippen molar-refractivity contribution in [1.29, 1.82) is 0 Å². The van der Waals surface area contributed by atoms with Gasteiger partial charge in [-0.1, -0.05) is 0 Å². The van der Waals surface area contributed by atoms with Crippen molar-refractivity contribution in [1.82, 2.24) is 10.2 Å². The van der Waals surface area contributed by atoms with Crippen LogP contribution in [0.1, 0.15) is 24.2 Å². The van der Waals surface area contributed by atoms with Crippen LogP contribution < -0.4 is 10.2 Å². The predicted molar refractivity (Wildman–Crippen MR) is 79.3 cm³/mol. The largest absolute Gasteiger partial charge is 0.324 e. The Hall–Kier alpha value is -1.88. The van der Waals surface area contributed by atoms with Gasteiger partial charge in [-0.25, -0.2) is 4.79 Å². The van der Waals surface area contributed by atoms with Gasteiger partial charge in [0.05, 0.1) is 6.54 Å². The van der Waals surface area contributed by atoms with Crippen LogP contribution in [0.4, 0.5) is 10.5 Å². The zero-order chi connectivity index (χ0) is 14.7. The van der Waals surface area contributed by atoms with Crippen molar-refractivity contribution in [2.24, 2.45) is 0 Å². The predicted octanol–water partition coefficient (Wildman–Crippen LogP) is 1.74. The Labute approximate surface area is 119 Å². The van der Waals surface area contributed by atoms with Crippen LogP contribution in [0.5, 0.6) is 0 Å². The first-order chi connectivity index (χ1) is 9.54. The minimum absolute atomic E-state index is 0.0364. The first-order valence-corrected chi connectivity index (χ1v) is 6.90. The van der Waals surface area contributed by atoms with Crippen molar-refractivity contribution in [3.8, 4) is 0 Å². The molecule has 2 amide bonds. The molecule has 1 aliphatic rings. The Morgan fingerprint density at radius 2 is 1.90 bits per heavy atom. The molecule has 0 radical (unpaired) electrons. The molecule has 5 nitrogen and oxygen atoms in total. The van der Waals surface area contributed by atoms with E-state index in [9.17, 15) is 9.59 Å². The minimum atomic E-state index is 0.0364. The van der Waals surface area contributed by atoms with Gasteiger partial charge in [-0.05, 0) is 45.2 Å². The lowest BCUT2D eigenvalue weighted by Crippen LogP contribution is -2.36. The zero-order valence-electron chi connectivity index (χ0n) is 12.2. The fourth-order valence-corrected chi connectivity index (χ4v) is 2.36. The molecule has 0 bridgehead atoms. The highest BCUT2D eigenvalue weighted by molar-refractivity contribution is 5.99. The molecule has 108 valence electrons. The van der Waals surface area contributed by atoms with E-state index in [0.29, 0.717) is 18.7 Å². The molecule has 0 aliphatic carbocycles. The summed E-state index contributed by atoms with van der Waals surface area (Å²) in [6, 6.07) is 7.48. The molecule has 1 saturated heterocycles. The van der Waals surface area contributed by atoms with E-state index < -0.39 is 0 Å². The van der Waals surface area contributed by atoms with Gasteiger partial charge in [-0.15, -0.1) is 0 Å². The van der Waals surface area contributed by atoms with Gasteiger partial charge >= 0.3 is 6.03 Å². The summed E-state index contributed by atoms with van der Waals surface area (Å²) in [4.78, 5) is 27.6. The quantitative estimate of drug-likeness (QED) is 0.833. The molecule has 0 aromatic heterocycles. The number of anilines is 1. The molecule has 1 fully saturated rings. The van der Waals surface area contributed by atoms with Crippen molar-refractivity contribution in [3.05, 3.63) is 29.8 Å². The smallest absolute Gasteiger partial charge is 0.320 e. The molecule has 1 N–H and O–H groups in total. The Kier molecular flexibility index (Phi) is 4.39. The average Bonchev–Trinajstić information content (AvgIpc) is 2.81. The maximum atomic E-state index is 12.2. The number of nitrogens with zero attached hydrogens (tertiary/aromatic N) is 2. The molecule has 1 heterocycles. The molecule has 1 aromatic rings. The van der Waals surface area contributed by atoms with Gasteiger partial charge in [0.1, 0.15) is 0 Å². The number of Topliss-reactive ketones (excluding diaryl/α,β-unsaturated/α-hetero) is 1. The highest BCUT2D eigenvalue weighted by atomic mass is 16.2. The van der Waals surface area contributed by atoms with Gasteiger partial charge in [0.2, 0.25) is 0 Å². The number of carbonyl (C=O) groups is 2. The summed E-state index contributed by atoms with van der Waals surface area (Å²) < 4.78 is 0. The maximum Gasteiger partial charge on any atom is 0.324 e. The lowest BCUT2D eigenvalue weighted by Gasteiger charge is -2.21. The number of urea groups is 1. The third kappa shape index (κ3) is 2.82. The van der Waals surface area contributed by atoms with Crippen molar-refractivity contribution < 1.29 is 9.59 Å². The molecular formula is C15H21N3O2. The van der Waals surface area contributed by atoms with Gasteiger partial charge in [-0.3, -0.25) is 9.69 Å². The first kappa shape index (κ1) is 14.5. The van der Waals surface area contributed by atoms with Crippen LogP contribution in [0.25, 0.3) is 0 Å². The van der Waals surface area contributed by atoms with Crippen molar-refractivity contribution in [2.75, 3.05) is 31.6 Å². The number of ketones is 1. The van der Waals surface area contributed by atoms with E-state index in [0.717, 1.165) is 12.2 Å². The summed E-state index contributed by atoms with van der Waals surface area (Å²) in [5, 5.41) is 2.84. The SMILES string of the molecule is CNCC(=O)c1ccc(N2CCN(C(C)C)C2=O)cc1. The molecule has 20 heavy (non-hydrogen) atoms. The molecule has 0 spiro atoms. The normalized spacial score (nSPS) is 15.3. The summed E-state index contributed by atoms with van der Waals surface area (Å²) in [6.45, 7) is 5.79. The number of amides is 2. The van der Waals surface area contributed by atoms with Crippen molar-refractivity contribution in [3.63, 3.8) is 0 Å². The lowest BCUT2D eigenvalue weighted by molar-refractivity contribution is 0.0993. The summed E-state index contributed by atoms with van der Waals surface area (Å²) in [7, 11) is 1.75. The molecule has 1 aromatic carbocycles. The number of rotatable bonds is 5. The third-order valence-corrected chi connectivity index (χ3v) is 3.50. The molecule has 5 heteroatoms. The summed E-state index contributed by atoms with van der Waals surface area (Å²) in [5.74, 6) is 0.0515. The van der Waals surface area contributed by atoms with Gasteiger partial charge in [0.25, 0.3) is 0 Å². The number of carbonyl (C=O) groups excluding carboxylic acids is 2. The summed E-state index contributed by atoms with van der Waals surface area (Å²) in [5.41, 5.74) is 1.51. The van der Waals surface area contributed by atoms with E-state index in [1.165, 1.54) is 0 Å². The third-order valence-electron chi connectivity index (χ3n) is 3.50. The maximum absolute atomic E-state index is 12.2. The zero-order valence-corrected chi connectivity index (χ0v) is 12.2. The molecule has 0 atom stereocenters. The Morgan fingerprint density at radius 1 is 1.25 bits per heavy atom. The lowest BCUT2D eigenvalue weighted by atomic mass is 10.1. The standard InChI is InChI=1S/C15H21N3O2/c1-11(2)17-8-9-18(15(17)20)13-6-4-12(5-7-13)14(19)10-16-3/h4-7,11,16H,8-10H2,1-3H3. The van der Waals surface area contributed by atoms with Crippen molar-refractivity contribution in [2.45, 2.75) is 19.9 Å². The number of nitrogens with one attached hydrogen (secondary N) is 1. The Balaban J connectivity index is 2.11. The van der Waals surface area contributed by atoms with Crippen LogP contribution in [0, 0.1) is 0 Å². The molecule has 0 unspecified atom stereocenters. The van der Waals surface area contributed by atoms with Crippen LogP contribution >= 0.6 is 0 Å². The first-order valence-electron chi connectivity index (χ1n) is 6.90. The number of hydrogen-bond acceptors (Lipinski definition) is 3. The van der Waals surface area contributed by atoms with E-state index >= 15 is 0 Å². The molecule has 1 aliphatic heterocycles. The minimum Gasteiger partial charge on any atom is -0.320 e. The number of hydrogen-bond donors (Lipinski definition) is 1. The van der Waals surface area contributed by atoms with Crippen LogP contribution in [0.2, 0.25) is 0 Å². The highest BCUT2D eigenvalue weighted by Gasteiger charge is 2.30. The second-order valence-corrected chi connectivity index (χ2v) is 5.22. The van der Waals surface area contributed by atoms with Gasteiger partial charge in [-0.2, -0.15) is 0 Å². The van der Waals surface area contributed by atoms with E-state index in [-0.39, 0.29) is 17.9 Å². The highest BCUT2D eigenvalue weighted by Crippen LogP contribution is 2.22. The summed E-state index contributed by atoms with van der Waals surface area (Å²) in [6.07, 6.45) is 0. The van der Waals surface area contributed by atoms with E-state index in [1.54, 1.807) is 24.1 Å². The topological polar surface area (TPSA) is 52.7 Å². The van der Waals surface area contributed by atoms with E-state index in [1.807, 2.05) is 30.9 Å². The number of likely N-dealkylation sites (N-methyl/N-ethyl adjacent to an activating group) is 1. The molecule has 2 rings (SSSR count). The summed E-state index contributed by atoms with van der Waals surface area (Å²) >= 11 is 0. The van der Waals surface area contributed by atoms with Gasteiger partial charge in [0.15, 0.2) is 5.78 Å². The second-order valence-electron chi connectivity index (χ2n) is 5.22. The average molecular weight is 275 g/mol. The Morgan fingerprint density at radius 3 is 2.40 bits per heavy atom. The van der Waals surface area contributed by atoms with Crippen LogP contribution in [0.15, 0.2) is 24.3 Å². The fraction of sp³-hybridized carbons (Fsp3) is 0.467. The fourth-order valence-electron chi connectivity index (χ4n) is 2.36. The monoisotopic (exact) mass is 275 g/mol. The number of benzene rings is 1. The molecular weight excluding hydrogens is 254 g/mol. The van der Waals surface area contributed by atoms with E-state index in [2.05, 4.69) is 5.32 Å². The molecule has 0 saturated carbocycles. The second kappa shape index (κ2) is 6.05. The van der Waals surface area contributed by atoms with Gasteiger partial charge < -0.3 is 10.2 Å². The Bertz CT molecular complexity index is 496. The van der Waals surface area contributed by atoms with Crippen LogP contribution in [-0.4, -0.2) is 49.4 Å². The van der Waals surface area contributed by atoms with Crippen LogP contribution in [0.3, 0.4) is 0 Å². The van der Waals surface area contributed by atoms with Crippen molar-refractivity contribution >= 4 is 17.5 Å². The van der Waals surface area contributed by atoms with E-state index in [4.69, 9.17) is 0 Å². The van der Waals surface area contributed by atoms with Gasteiger partial charge in [0, 0.05) is 30.4 Å².